The molecule has 1 aliphatic rings. The van der Waals surface area contributed by atoms with Crippen molar-refractivity contribution in [3.05, 3.63) is 48.0 Å². The average molecular weight is 258 g/mol. The third-order valence-corrected chi connectivity index (χ3v) is 2.88. The Bertz CT molecular complexity index is 521. The quantitative estimate of drug-likeness (QED) is 0.901. The van der Waals surface area contributed by atoms with Gasteiger partial charge in [0, 0.05) is 19.3 Å². The number of carbonyl (C=O) groups is 1. The molecule has 0 saturated carbocycles. The first kappa shape index (κ1) is 13.3. The van der Waals surface area contributed by atoms with Crippen LogP contribution in [0.4, 0.5) is 0 Å². The van der Waals surface area contributed by atoms with Crippen LogP contribution in [0.5, 0.6) is 5.75 Å². The lowest BCUT2D eigenvalue weighted by molar-refractivity contribution is -0.120. The standard InChI is InChI=1S/C15H18N2O2/c1-11-4-3-5-13(8-11)19-14-6-7-17-12(9-14)10-15(18)16-2/h3,5-9,11H,4,10H2,1-2H3,(H,16,18). The topological polar surface area (TPSA) is 51.2 Å². The fraction of sp³-hybridized carbons (Fsp3) is 0.333. The monoisotopic (exact) mass is 258 g/mol. The molecule has 0 aliphatic heterocycles. The summed E-state index contributed by atoms with van der Waals surface area (Å²) in [5.74, 6) is 1.98. The van der Waals surface area contributed by atoms with Gasteiger partial charge in [-0.1, -0.05) is 13.0 Å². The van der Waals surface area contributed by atoms with E-state index >= 15 is 0 Å². The Morgan fingerprint density at radius 1 is 1.58 bits per heavy atom. The SMILES string of the molecule is CNC(=O)Cc1cc(OC2=CC(C)CC=C2)ccn1. The summed E-state index contributed by atoms with van der Waals surface area (Å²) in [5.41, 5.74) is 0.699. The van der Waals surface area contributed by atoms with Gasteiger partial charge < -0.3 is 10.1 Å². The summed E-state index contributed by atoms with van der Waals surface area (Å²) in [7, 11) is 1.61. The molecule has 1 N–H and O–H groups in total. The van der Waals surface area contributed by atoms with Crippen LogP contribution in [-0.2, 0) is 11.2 Å². The predicted molar refractivity (Wildman–Crippen MR) is 73.6 cm³/mol. The number of pyridine rings is 1. The van der Waals surface area contributed by atoms with Crippen LogP contribution in [0.3, 0.4) is 0 Å². The molecule has 1 aromatic heterocycles. The molecule has 1 aliphatic carbocycles. The van der Waals surface area contributed by atoms with Gasteiger partial charge in [0.05, 0.1) is 12.1 Å². The van der Waals surface area contributed by atoms with Gasteiger partial charge in [0.15, 0.2) is 0 Å². The highest BCUT2D eigenvalue weighted by molar-refractivity contribution is 5.77. The minimum atomic E-state index is -0.0601. The third-order valence-electron chi connectivity index (χ3n) is 2.88. The first-order valence-electron chi connectivity index (χ1n) is 6.39. The van der Waals surface area contributed by atoms with E-state index in [4.69, 9.17) is 4.74 Å². The normalized spacial score (nSPS) is 17.8. The van der Waals surface area contributed by atoms with Crippen LogP contribution < -0.4 is 10.1 Å². The van der Waals surface area contributed by atoms with E-state index in [1.54, 1.807) is 25.4 Å². The van der Waals surface area contributed by atoms with Gasteiger partial charge in [0.25, 0.3) is 0 Å². The summed E-state index contributed by atoms with van der Waals surface area (Å²) < 4.78 is 5.78. The number of rotatable bonds is 4. The van der Waals surface area contributed by atoms with E-state index in [0.717, 1.165) is 12.2 Å². The first-order chi connectivity index (χ1) is 9.17. The minimum Gasteiger partial charge on any atom is -0.458 e. The van der Waals surface area contributed by atoms with Gasteiger partial charge in [0.2, 0.25) is 5.91 Å². The molecule has 1 unspecified atom stereocenters. The second kappa shape index (κ2) is 6.18. The lowest BCUT2D eigenvalue weighted by Gasteiger charge is -2.13. The number of ether oxygens (including phenoxy) is 1. The van der Waals surface area contributed by atoms with E-state index in [0.29, 0.717) is 17.4 Å². The van der Waals surface area contributed by atoms with Crippen molar-refractivity contribution in [2.24, 2.45) is 5.92 Å². The molecule has 1 aromatic rings. The van der Waals surface area contributed by atoms with Crippen LogP contribution >= 0.6 is 0 Å². The number of carbonyl (C=O) groups excluding carboxylic acids is 1. The maximum Gasteiger partial charge on any atom is 0.225 e. The summed E-state index contributed by atoms with van der Waals surface area (Å²) in [6.45, 7) is 2.15. The van der Waals surface area contributed by atoms with Gasteiger partial charge >= 0.3 is 0 Å². The molecule has 0 bridgehead atoms. The maximum atomic E-state index is 11.3. The number of hydrogen-bond donors (Lipinski definition) is 1. The smallest absolute Gasteiger partial charge is 0.225 e. The lowest BCUT2D eigenvalue weighted by Crippen LogP contribution is -2.20. The second-order valence-electron chi connectivity index (χ2n) is 4.62. The zero-order valence-corrected chi connectivity index (χ0v) is 11.2. The third kappa shape index (κ3) is 3.95. The van der Waals surface area contributed by atoms with Crippen LogP contribution in [0.25, 0.3) is 0 Å². The van der Waals surface area contributed by atoms with Gasteiger partial charge in [-0.25, -0.2) is 0 Å². The first-order valence-corrected chi connectivity index (χ1v) is 6.39. The summed E-state index contributed by atoms with van der Waals surface area (Å²) in [6, 6.07) is 3.59. The number of nitrogens with zero attached hydrogens (tertiary/aromatic N) is 1. The molecule has 4 nitrogen and oxygen atoms in total. The van der Waals surface area contributed by atoms with Crippen molar-refractivity contribution in [2.45, 2.75) is 19.8 Å². The van der Waals surface area contributed by atoms with Crippen molar-refractivity contribution < 1.29 is 9.53 Å². The Hall–Kier alpha value is -2.10. The average Bonchev–Trinajstić information content (AvgIpc) is 2.39. The van der Waals surface area contributed by atoms with Crippen LogP contribution in [0, 0.1) is 5.92 Å². The Morgan fingerprint density at radius 2 is 2.42 bits per heavy atom. The molecule has 0 radical (unpaired) electrons. The highest BCUT2D eigenvalue weighted by Crippen LogP contribution is 2.20. The van der Waals surface area contributed by atoms with Crippen molar-refractivity contribution >= 4 is 5.91 Å². The molecule has 1 heterocycles. The number of nitrogens with one attached hydrogen (secondary N) is 1. The molecule has 2 rings (SSSR count). The van der Waals surface area contributed by atoms with Gasteiger partial charge in [-0.05, 0) is 30.6 Å². The molecular formula is C15H18N2O2. The van der Waals surface area contributed by atoms with Crippen molar-refractivity contribution in [1.82, 2.24) is 10.3 Å². The van der Waals surface area contributed by atoms with Crippen molar-refractivity contribution in [3.63, 3.8) is 0 Å². The van der Waals surface area contributed by atoms with Crippen LogP contribution in [0.1, 0.15) is 19.0 Å². The summed E-state index contributed by atoms with van der Waals surface area (Å²) in [5, 5.41) is 2.58. The Morgan fingerprint density at radius 3 is 3.16 bits per heavy atom. The largest absolute Gasteiger partial charge is 0.458 e. The summed E-state index contributed by atoms with van der Waals surface area (Å²) in [4.78, 5) is 15.5. The van der Waals surface area contributed by atoms with Crippen molar-refractivity contribution in [3.8, 4) is 5.75 Å². The summed E-state index contributed by atoms with van der Waals surface area (Å²) >= 11 is 0. The van der Waals surface area contributed by atoms with E-state index in [1.165, 1.54) is 0 Å². The molecule has 100 valence electrons. The Labute approximate surface area is 113 Å². The highest BCUT2D eigenvalue weighted by atomic mass is 16.5. The van der Waals surface area contributed by atoms with E-state index in [9.17, 15) is 4.79 Å². The van der Waals surface area contributed by atoms with Gasteiger partial charge in [-0.15, -0.1) is 0 Å². The van der Waals surface area contributed by atoms with E-state index in [1.807, 2.05) is 6.08 Å². The zero-order valence-electron chi connectivity index (χ0n) is 11.2. The Balaban J connectivity index is 2.07. The fourth-order valence-corrected chi connectivity index (χ4v) is 1.88. The van der Waals surface area contributed by atoms with Gasteiger partial charge in [-0.3, -0.25) is 9.78 Å². The van der Waals surface area contributed by atoms with Crippen molar-refractivity contribution in [2.75, 3.05) is 7.05 Å². The molecule has 0 fully saturated rings. The maximum absolute atomic E-state index is 11.3. The van der Waals surface area contributed by atoms with Crippen LogP contribution in [-0.4, -0.2) is 17.9 Å². The molecule has 19 heavy (non-hydrogen) atoms. The predicted octanol–water partition coefficient (Wildman–Crippen LogP) is 2.23. The molecule has 0 saturated heterocycles. The van der Waals surface area contributed by atoms with Gasteiger partial charge in [0.1, 0.15) is 11.5 Å². The van der Waals surface area contributed by atoms with E-state index < -0.39 is 0 Å². The minimum absolute atomic E-state index is 0.0601. The van der Waals surface area contributed by atoms with Crippen molar-refractivity contribution in [1.29, 1.82) is 0 Å². The van der Waals surface area contributed by atoms with Gasteiger partial charge in [-0.2, -0.15) is 0 Å². The molecule has 1 atom stereocenters. The highest BCUT2D eigenvalue weighted by Gasteiger charge is 2.08. The fourth-order valence-electron chi connectivity index (χ4n) is 1.88. The number of allylic oxidation sites excluding steroid dienone is 3. The molecule has 0 aromatic carbocycles. The van der Waals surface area contributed by atoms with E-state index in [-0.39, 0.29) is 12.3 Å². The molecule has 4 heteroatoms. The molecule has 0 spiro atoms. The second-order valence-corrected chi connectivity index (χ2v) is 4.62. The number of likely N-dealkylation sites (N-methyl/N-ethyl adjacent to an activating group) is 1. The lowest BCUT2D eigenvalue weighted by atomic mass is 10.0. The summed E-state index contributed by atoms with van der Waals surface area (Å²) in [6.07, 6.45) is 9.14. The van der Waals surface area contributed by atoms with E-state index in [2.05, 4.69) is 29.4 Å². The number of amides is 1. The number of hydrogen-bond acceptors (Lipinski definition) is 3. The van der Waals surface area contributed by atoms with Crippen LogP contribution in [0.2, 0.25) is 0 Å². The Kier molecular flexibility index (Phi) is 4.34. The van der Waals surface area contributed by atoms with Crippen LogP contribution in [0.15, 0.2) is 42.3 Å². The number of aromatic nitrogens is 1. The molecule has 1 amide bonds. The molecular weight excluding hydrogens is 240 g/mol. The zero-order chi connectivity index (χ0) is 13.7.